The lowest BCUT2D eigenvalue weighted by molar-refractivity contribution is -0.558. The second-order valence-corrected chi connectivity index (χ2v) is 5.45. The van der Waals surface area contributed by atoms with Gasteiger partial charge in [0.05, 0.1) is 0 Å². The number of rotatable bonds is 2. The average molecular weight is 373 g/mol. The van der Waals surface area contributed by atoms with Crippen molar-refractivity contribution in [3.05, 3.63) is 46.8 Å². The summed E-state index contributed by atoms with van der Waals surface area (Å²) in [7, 11) is 0. The molecule has 4 heteroatoms. The first-order valence-electron chi connectivity index (χ1n) is 5.35. The molecule has 0 spiro atoms. The van der Waals surface area contributed by atoms with E-state index in [2.05, 4.69) is 52.7 Å². The number of fused-ring (bicyclic) bond motifs is 1. The minimum Gasteiger partial charge on any atom is -1.00 e. The van der Waals surface area contributed by atoms with Crippen LogP contribution in [0.4, 0.5) is 0 Å². The fourth-order valence-corrected chi connectivity index (χ4v) is 3.83. The van der Waals surface area contributed by atoms with Crippen LogP contribution < -0.4 is 28.5 Å². The van der Waals surface area contributed by atoms with E-state index in [1.54, 1.807) is 11.3 Å². The molecule has 0 aliphatic rings. The van der Waals surface area contributed by atoms with Crippen molar-refractivity contribution in [3.8, 4) is 5.00 Å². The van der Waals surface area contributed by atoms with E-state index in [1.807, 2.05) is 11.3 Å². The van der Waals surface area contributed by atoms with E-state index in [9.17, 15) is 0 Å². The highest BCUT2D eigenvalue weighted by Crippen LogP contribution is 2.22. The van der Waals surface area contributed by atoms with Crippen molar-refractivity contribution in [3.63, 3.8) is 0 Å². The van der Waals surface area contributed by atoms with Gasteiger partial charge in [-0.05, 0) is 23.9 Å². The lowest BCUT2D eigenvalue weighted by Gasteiger charge is -1.93. The number of hydrogen-bond donors (Lipinski definition) is 0. The molecule has 0 saturated heterocycles. The highest BCUT2D eigenvalue weighted by molar-refractivity contribution is 7.16. The Labute approximate surface area is 126 Å². The van der Waals surface area contributed by atoms with Crippen LogP contribution in [-0.4, -0.2) is 0 Å². The average Bonchev–Trinajstić information content (AvgIpc) is 2.94. The zero-order valence-corrected chi connectivity index (χ0v) is 13.2. The smallest absolute Gasteiger partial charge is 0.271 e. The molecule has 0 N–H and O–H groups in total. The molecule has 2 heterocycles. The number of para-hydroxylation sites is 1. The summed E-state index contributed by atoms with van der Waals surface area (Å²) in [6.45, 7) is 2.21. The molecule has 0 bridgehead atoms. The fourth-order valence-electron chi connectivity index (χ4n) is 1.89. The summed E-state index contributed by atoms with van der Waals surface area (Å²) in [5.41, 5.74) is 4.94. The highest BCUT2D eigenvalue weighted by Gasteiger charge is 2.18. The van der Waals surface area contributed by atoms with Crippen molar-refractivity contribution < 1.29 is 28.5 Å². The van der Waals surface area contributed by atoms with Gasteiger partial charge in [0.15, 0.2) is 0 Å². The molecule has 17 heavy (non-hydrogen) atoms. The first-order chi connectivity index (χ1) is 7.90. The molecule has 0 radical (unpaired) electrons. The van der Waals surface area contributed by atoms with Gasteiger partial charge >= 0.3 is 0 Å². The quantitative estimate of drug-likeness (QED) is 0.463. The van der Waals surface area contributed by atoms with E-state index in [0.717, 1.165) is 6.42 Å². The number of aryl methyl sites for hydroxylation is 1. The van der Waals surface area contributed by atoms with Crippen molar-refractivity contribution >= 4 is 32.9 Å². The molecule has 3 aromatic rings. The van der Waals surface area contributed by atoms with Crippen LogP contribution in [0.2, 0.25) is 0 Å². The number of nitrogens with zero attached hydrogens (tertiary/aromatic N) is 1. The third-order valence-electron chi connectivity index (χ3n) is 2.73. The molecule has 0 aliphatic carbocycles. The maximum Gasteiger partial charge on any atom is 0.271 e. The monoisotopic (exact) mass is 373 g/mol. The maximum absolute atomic E-state index is 2.31. The van der Waals surface area contributed by atoms with Gasteiger partial charge < -0.3 is 24.0 Å². The first kappa shape index (κ1) is 13.0. The molecule has 0 amide bonds. The van der Waals surface area contributed by atoms with Crippen molar-refractivity contribution in [1.29, 1.82) is 0 Å². The van der Waals surface area contributed by atoms with Gasteiger partial charge in [-0.2, -0.15) is 0 Å². The Bertz CT molecular complexity index is 627. The third-order valence-corrected chi connectivity index (χ3v) is 4.60. The second-order valence-electron chi connectivity index (χ2n) is 3.67. The minimum absolute atomic E-state index is 0. The van der Waals surface area contributed by atoms with Crippen LogP contribution in [0.1, 0.15) is 12.5 Å². The summed E-state index contributed by atoms with van der Waals surface area (Å²) in [4.78, 5) is 0. The summed E-state index contributed by atoms with van der Waals surface area (Å²) in [6.07, 6.45) is 1.09. The van der Waals surface area contributed by atoms with Crippen LogP contribution in [0.5, 0.6) is 0 Å². The predicted octanol–water partition coefficient (Wildman–Crippen LogP) is 0.806. The zero-order valence-electron chi connectivity index (χ0n) is 9.39. The number of aromatic nitrogens is 1. The Balaban J connectivity index is 0.00000108. The van der Waals surface area contributed by atoms with Crippen LogP contribution in [-0.2, 0) is 6.42 Å². The Hall–Kier alpha value is -0.460. The van der Waals surface area contributed by atoms with Crippen LogP contribution in [0.25, 0.3) is 15.2 Å². The van der Waals surface area contributed by atoms with Gasteiger partial charge in [-0.15, -0.1) is 4.57 Å². The molecule has 1 nitrogen and oxygen atoms in total. The summed E-state index contributed by atoms with van der Waals surface area (Å²) < 4.78 is 3.65. The van der Waals surface area contributed by atoms with Gasteiger partial charge in [-0.3, -0.25) is 0 Å². The summed E-state index contributed by atoms with van der Waals surface area (Å²) in [5, 5.41) is 3.54. The van der Waals surface area contributed by atoms with E-state index in [1.165, 1.54) is 20.8 Å². The van der Waals surface area contributed by atoms with Gasteiger partial charge in [0, 0.05) is 11.6 Å². The molecule has 1 aromatic carbocycles. The molecular weight excluding hydrogens is 361 g/mol. The summed E-state index contributed by atoms with van der Waals surface area (Å²) in [6, 6.07) is 10.8. The standard InChI is InChI=1S/C13H12NS2.HI/c1-2-10-7-8-15-13(10)14-9-16-12-6-4-3-5-11(12)14;/h3-9H,2H2,1H3;1H/q+1;/p-1. The van der Waals surface area contributed by atoms with Crippen LogP contribution in [0.3, 0.4) is 0 Å². The third kappa shape index (κ3) is 2.26. The lowest BCUT2D eigenvalue weighted by Crippen LogP contribution is -3.00. The van der Waals surface area contributed by atoms with Crippen molar-refractivity contribution in [1.82, 2.24) is 0 Å². The summed E-state index contributed by atoms with van der Waals surface area (Å²) in [5.74, 6) is 0. The van der Waals surface area contributed by atoms with Crippen LogP contribution in [0, 0.1) is 0 Å². The lowest BCUT2D eigenvalue weighted by atomic mass is 10.2. The maximum atomic E-state index is 2.31. The number of hydrogen-bond acceptors (Lipinski definition) is 2. The van der Waals surface area contributed by atoms with Crippen LogP contribution >= 0.6 is 22.7 Å². The molecule has 0 atom stereocenters. The predicted molar refractivity (Wildman–Crippen MR) is 70.6 cm³/mol. The van der Waals surface area contributed by atoms with Crippen molar-refractivity contribution in [2.75, 3.05) is 0 Å². The normalized spacial score (nSPS) is 10.4. The number of thiophene rings is 1. The number of thiazole rings is 1. The Morgan fingerprint density at radius 1 is 1.12 bits per heavy atom. The first-order valence-corrected chi connectivity index (χ1v) is 7.10. The molecule has 0 aliphatic heterocycles. The fraction of sp³-hybridized carbons (Fsp3) is 0.154. The molecular formula is C13H12INS2. The molecule has 0 saturated carbocycles. The number of benzene rings is 1. The highest BCUT2D eigenvalue weighted by atomic mass is 127. The van der Waals surface area contributed by atoms with Gasteiger partial charge in [-0.25, -0.2) is 0 Å². The zero-order chi connectivity index (χ0) is 11.0. The van der Waals surface area contributed by atoms with E-state index < -0.39 is 0 Å². The number of halogens is 1. The van der Waals surface area contributed by atoms with E-state index in [-0.39, 0.29) is 24.0 Å². The molecule has 88 valence electrons. The SMILES string of the molecule is CCc1ccsc1-[n+]1csc2ccccc21.[I-]. The molecule has 0 fully saturated rings. The second kappa shape index (κ2) is 5.46. The van der Waals surface area contributed by atoms with Crippen LogP contribution in [0.15, 0.2) is 41.2 Å². The largest absolute Gasteiger partial charge is 1.00 e. The molecule has 0 unspecified atom stereocenters. The van der Waals surface area contributed by atoms with E-state index in [0.29, 0.717) is 0 Å². The van der Waals surface area contributed by atoms with E-state index in [4.69, 9.17) is 0 Å². The molecule has 2 aromatic heterocycles. The summed E-state index contributed by atoms with van der Waals surface area (Å²) >= 11 is 3.62. The minimum atomic E-state index is 0. The van der Waals surface area contributed by atoms with Gasteiger partial charge in [0.25, 0.3) is 5.00 Å². The Morgan fingerprint density at radius 3 is 2.76 bits per heavy atom. The van der Waals surface area contributed by atoms with Gasteiger partial charge in [-0.1, -0.05) is 41.7 Å². The van der Waals surface area contributed by atoms with Gasteiger partial charge in [0.2, 0.25) is 11.0 Å². The van der Waals surface area contributed by atoms with Crippen molar-refractivity contribution in [2.45, 2.75) is 13.3 Å². The molecule has 3 rings (SSSR count). The van der Waals surface area contributed by atoms with E-state index >= 15 is 0 Å². The Morgan fingerprint density at radius 2 is 1.94 bits per heavy atom. The van der Waals surface area contributed by atoms with Crippen molar-refractivity contribution in [2.24, 2.45) is 0 Å². The van der Waals surface area contributed by atoms with Gasteiger partial charge in [0.1, 0.15) is 4.70 Å². The topological polar surface area (TPSA) is 3.88 Å². The Kier molecular flexibility index (Phi) is 4.17.